The third kappa shape index (κ3) is 3.87. The first-order valence-corrected chi connectivity index (χ1v) is 6.90. The minimum Gasteiger partial charge on any atom is -0.0649 e. The zero-order valence-electron chi connectivity index (χ0n) is 12.4. The molecule has 0 aromatic heterocycles. The number of hydrogen-bond donors (Lipinski definition) is 0. The van der Waals surface area contributed by atoms with E-state index in [9.17, 15) is 0 Å². The molecule has 1 rings (SSSR count). The van der Waals surface area contributed by atoms with Gasteiger partial charge in [-0.15, -0.1) is 0 Å². The van der Waals surface area contributed by atoms with Gasteiger partial charge < -0.3 is 0 Å². The predicted octanol–water partition coefficient (Wildman–Crippen LogP) is 5.35. The molecule has 0 bridgehead atoms. The van der Waals surface area contributed by atoms with Crippen LogP contribution in [-0.2, 0) is 11.8 Å². The summed E-state index contributed by atoms with van der Waals surface area (Å²) in [6.07, 6.45) is 3.60. The molecule has 0 fully saturated rings. The topological polar surface area (TPSA) is 0 Å². The van der Waals surface area contributed by atoms with Gasteiger partial charge in [-0.25, -0.2) is 0 Å². The summed E-state index contributed by atoms with van der Waals surface area (Å²) < 4.78 is 0. The van der Waals surface area contributed by atoms with Crippen LogP contribution in [0, 0.1) is 5.41 Å². The summed E-state index contributed by atoms with van der Waals surface area (Å²) in [5.41, 5.74) is 3.59. The predicted molar refractivity (Wildman–Crippen MR) is 77.5 cm³/mol. The molecule has 0 heteroatoms. The van der Waals surface area contributed by atoms with Gasteiger partial charge >= 0.3 is 0 Å². The Kier molecular flexibility index (Phi) is 4.41. The summed E-state index contributed by atoms with van der Waals surface area (Å²) >= 11 is 0. The standard InChI is InChI=1S/C17H28/c1-7-14-9-11-15(12-10-14)17(5,6)13-16(3,4)8-2/h9-12H,7-8,13H2,1-6H3. The van der Waals surface area contributed by atoms with Crippen LogP contribution >= 0.6 is 0 Å². The lowest BCUT2D eigenvalue weighted by Gasteiger charge is -2.35. The van der Waals surface area contributed by atoms with Gasteiger partial charge in [0.15, 0.2) is 0 Å². The fourth-order valence-corrected chi connectivity index (χ4v) is 2.62. The molecule has 0 N–H and O–H groups in total. The second kappa shape index (κ2) is 5.25. The summed E-state index contributed by atoms with van der Waals surface area (Å²) in [5.74, 6) is 0. The summed E-state index contributed by atoms with van der Waals surface area (Å²) in [5, 5.41) is 0. The number of rotatable bonds is 5. The lowest BCUT2D eigenvalue weighted by atomic mass is 9.70. The number of benzene rings is 1. The van der Waals surface area contributed by atoms with Crippen LogP contribution in [0.15, 0.2) is 24.3 Å². The monoisotopic (exact) mass is 232 g/mol. The molecule has 96 valence electrons. The molecule has 1 aromatic rings. The minimum absolute atomic E-state index is 0.270. The Morgan fingerprint density at radius 2 is 1.41 bits per heavy atom. The molecule has 0 amide bonds. The first kappa shape index (κ1) is 14.3. The highest BCUT2D eigenvalue weighted by Crippen LogP contribution is 2.38. The van der Waals surface area contributed by atoms with Crippen molar-refractivity contribution >= 4 is 0 Å². The molecule has 0 saturated heterocycles. The second-order valence-electron chi connectivity index (χ2n) is 6.63. The third-order valence-corrected chi connectivity index (χ3v) is 4.02. The second-order valence-corrected chi connectivity index (χ2v) is 6.63. The molecular weight excluding hydrogens is 204 g/mol. The Morgan fingerprint density at radius 3 is 1.82 bits per heavy atom. The van der Waals surface area contributed by atoms with E-state index < -0.39 is 0 Å². The average Bonchev–Trinajstić information content (AvgIpc) is 2.28. The Labute approximate surface area is 107 Å². The number of aryl methyl sites for hydroxylation is 1. The van der Waals surface area contributed by atoms with Crippen molar-refractivity contribution in [3.8, 4) is 0 Å². The summed E-state index contributed by atoms with van der Waals surface area (Å²) in [6, 6.07) is 9.17. The van der Waals surface area contributed by atoms with Crippen LogP contribution < -0.4 is 0 Å². The van der Waals surface area contributed by atoms with Crippen molar-refractivity contribution in [3.63, 3.8) is 0 Å². The van der Waals surface area contributed by atoms with Crippen LogP contribution in [0.2, 0.25) is 0 Å². The Morgan fingerprint density at radius 1 is 0.882 bits per heavy atom. The smallest absolute Gasteiger partial charge is 0.00985 e. The molecule has 0 saturated carbocycles. The van der Waals surface area contributed by atoms with Crippen molar-refractivity contribution in [1.82, 2.24) is 0 Å². The molecule has 0 radical (unpaired) electrons. The van der Waals surface area contributed by atoms with Crippen LogP contribution in [0.3, 0.4) is 0 Å². The van der Waals surface area contributed by atoms with E-state index in [-0.39, 0.29) is 5.41 Å². The van der Waals surface area contributed by atoms with Crippen molar-refractivity contribution in [3.05, 3.63) is 35.4 Å². The molecule has 0 spiro atoms. The highest BCUT2D eigenvalue weighted by molar-refractivity contribution is 5.28. The van der Waals surface area contributed by atoms with Crippen LogP contribution in [-0.4, -0.2) is 0 Å². The van der Waals surface area contributed by atoms with Crippen molar-refractivity contribution in [2.45, 2.75) is 66.2 Å². The van der Waals surface area contributed by atoms with E-state index >= 15 is 0 Å². The van der Waals surface area contributed by atoms with Crippen molar-refractivity contribution in [2.75, 3.05) is 0 Å². The summed E-state index contributed by atoms with van der Waals surface area (Å²) in [7, 11) is 0. The quantitative estimate of drug-likeness (QED) is 0.641. The summed E-state index contributed by atoms with van der Waals surface area (Å²) in [6.45, 7) is 14.0. The van der Waals surface area contributed by atoms with Crippen LogP contribution in [0.25, 0.3) is 0 Å². The van der Waals surface area contributed by atoms with E-state index in [1.54, 1.807) is 0 Å². The zero-order chi connectivity index (χ0) is 13.1. The molecule has 0 nitrogen and oxygen atoms in total. The van der Waals surface area contributed by atoms with Gasteiger partial charge in [-0.1, -0.05) is 72.2 Å². The Bertz CT molecular complexity index is 341. The first-order valence-electron chi connectivity index (χ1n) is 6.90. The minimum atomic E-state index is 0.270. The van der Waals surface area contributed by atoms with E-state index in [2.05, 4.69) is 65.8 Å². The highest BCUT2D eigenvalue weighted by Gasteiger charge is 2.28. The van der Waals surface area contributed by atoms with Gasteiger partial charge in [-0.2, -0.15) is 0 Å². The van der Waals surface area contributed by atoms with Gasteiger partial charge in [0.05, 0.1) is 0 Å². The van der Waals surface area contributed by atoms with Crippen LogP contribution in [0.1, 0.15) is 65.5 Å². The molecule has 17 heavy (non-hydrogen) atoms. The molecular formula is C17H28. The molecule has 0 heterocycles. The van der Waals surface area contributed by atoms with Gasteiger partial charge in [0, 0.05) is 0 Å². The Balaban J connectivity index is 2.88. The van der Waals surface area contributed by atoms with Crippen molar-refractivity contribution in [1.29, 1.82) is 0 Å². The average molecular weight is 232 g/mol. The maximum atomic E-state index is 2.37. The van der Waals surface area contributed by atoms with Gasteiger partial charge in [0.2, 0.25) is 0 Å². The van der Waals surface area contributed by atoms with Crippen molar-refractivity contribution < 1.29 is 0 Å². The molecule has 0 aliphatic heterocycles. The van der Waals surface area contributed by atoms with E-state index in [1.165, 1.54) is 24.0 Å². The molecule has 0 aliphatic rings. The van der Waals surface area contributed by atoms with E-state index in [0.29, 0.717) is 5.41 Å². The molecule has 0 aliphatic carbocycles. The lowest BCUT2D eigenvalue weighted by Crippen LogP contribution is -2.26. The third-order valence-electron chi connectivity index (χ3n) is 4.02. The van der Waals surface area contributed by atoms with Gasteiger partial charge in [0.1, 0.15) is 0 Å². The van der Waals surface area contributed by atoms with Gasteiger partial charge in [-0.05, 0) is 34.8 Å². The first-order chi connectivity index (χ1) is 7.80. The van der Waals surface area contributed by atoms with Crippen LogP contribution in [0.5, 0.6) is 0 Å². The van der Waals surface area contributed by atoms with Gasteiger partial charge in [-0.3, -0.25) is 0 Å². The molecule has 1 aromatic carbocycles. The summed E-state index contributed by atoms with van der Waals surface area (Å²) in [4.78, 5) is 0. The zero-order valence-corrected chi connectivity index (χ0v) is 12.4. The van der Waals surface area contributed by atoms with Gasteiger partial charge in [0.25, 0.3) is 0 Å². The fourth-order valence-electron chi connectivity index (χ4n) is 2.62. The highest BCUT2D eigenvalue weighted by atomic mass is 14.3. The van der Waals surface area contributed by atoms with E-state index in [0.717, 1.165) is 6.42 Å². The lowest BCUT2D eigenvalue weighted by molar-refractivity contribution is 0.248. The SMILES string of the molecule is CCc1ccc(C(C)(C)CC(C)(C)CC)cc1. The molecule has 0 unspecified atom stereocenters. The van der Waals surface area contributed by atoms with Crippen molar-refractivity contribution in [2.24, 2.45) is 5.41 Å². The maximum absolute atomic E-state index is 2.37. The van der Waals surface area contributed by atoms with E-state index in [1.807, 2.05) is 0 Å². The van der Waals surface area contributed by atoms with E-state index in [4.69, 9.17) is 0 Å². The molecule has 0 atom stereocenters. The number of hydrogen-bond acceptors (Lipinski definition) is 0. The Hall–Kier alpha value is -0.780. The largest absolute Gasteiger partial charge is 0.0649 e. The normalized spacial score (nSPS) is 12.8. The van der Waals surface area contributed by atoms with Crippen LogP contribution in [0.4, 0.5) is 0 Å². The fraction of sp³-hybridized carbons (Fsp3) is 0.647. The maximum Gasteiger partial charge on any atom is -0.00985 e.